The van der Waals surface area contributed by atoms with Crippen molar-refractivity contribution in [3.8, 4) is 0 Å². The number of amides is 4. The van der Waals surface area contributed by atoms with Gasteiger partial charge in [-0.05, 0) is 45.7 Å². The van der Waals surface area contributed by atoms with Gasteiger partial charge >= 0.3 is 0 Å². The first-order valence-corrected chi connectivity index (χ1v) is 9.87. The highest BCUT2D eigenvalue weighted by molar-refractivity contribution is 6.25. The molecule has 0 aliphatic carbocycles. The van der Waals surface area contributed by atoms with Crippen LogP contribution in [0, 0.1) is 0 Å². The fraction of sp³-hybridized carbons (Fsp3) is 0.524. The summed E-state index contributed by atoms with van der Waals surface area (Å²) in [7, 11) is 1.38. The SMILES string of the molecule is CCOC(C)(C)CCNc1cccc2c1C(=O)N(C1CCC(=O)N(C)C1=O)C2=O. The average molecular weight is 401 g/mol. The lowest BCUT2D eigenvalue weighted by Crippen LogP contribution is -2.54. The van der Waals surface area contributed by atoms with Crippen LogP contribution in [0.3, 0.4) is 0 Å². The Hall–Kier alpha value is -2.74. The molecule has 1 saturated heterocycles. The molecule has 0 aromatic heterocycles. The predicted molar refractivity (Wildman–Crippen MR) is 107 cm³/mol. The Bertz CT molecular complexity index is 864. The second-order valence-electron chi connectivity index (χ2n) is 7.92. The highest BCUT2D eigenvalue weighted by Gasteiger charge is 2.47. The van der Waals surface area contributed by atoms with E-state index in [9.17, 15) is 19.2 Å². The summed E-state index contributed by atoms with van der Waals surface area (Å²) in [6.45, 7) is 7.11. The highest BCUT2D eigenvalue weighted by Crippen LogP contribution is 2.33. The normalized spacial score (nSPS) is 19.8. The lowest BCUT2D eigenvalue weighted by Gasteiger charge is -2.32. The first-order valence-electron chi connectivity index (χ1n) is 9.87. The van der Waals surface area contributed by atoms with Crippen LogP contribution in [0.5, 0.6) is 0 Å². The largest absolute Gasteiger partial charge is 0.384 e. The fourth-order valence-electron chi connectivity index (χ4n) is 3.83. The molecule has 1 aromatic rings. The van der Waals surface area contributed by atoms with E-state index >= 15 is 0 Å². The number of likely N-dealkylation sites (tertiary alicyclic amines) is 1. The summed E-state index contributed by atoms with van der Waals surface area (Å²) in [6.07, 6.45) is 0.987. The van der Waals surface area contributed by atoms with Crippen LogP contribution in [0.15, 0.2) is 18.2 Å². The van der Waals surface area contributed by atoms with E-state index in [-0.39, 0.29) is 35.5 Å². The van der Waals surface area contributed by atoms with E-state index in [2.05, 4.69) is 5.32 Å². The minimum Gasteiger partial charge on any atom is -0.384 e. The number of anilines is 1. The van der Waals surface area contributed by atoms with Crippen molar-refractivity contribution in [3.63, 3.8) is 0 Å². The molecular weight excluding hydrogens is 374 g/mol. The van der Waals surface area contributed by atoms with E-state index in [1.165, 1.54) is 7.05 Å². The number of carbonyl (C=O) groups is 4. The molecule has 0 spiro atoms. The van der Waals surface area contributed by atoms with Crippen molar-refractivity contribution in [2.75, 3.05) is 25.5 Å². The monoisotopic (exact) mass is 401 g/mol. The minimum atomic E-state index is -0.949. The Morgan fingerprint density at radius 3 is 2.59 bits per heavy atom. The third-order valence-electron chi connectivity index (χ3n) is 5.46. The molecule has 4 amide bonds. The zero-order valence-corrected chi connectivity index (χ0v) is 17.3. The van der Waals surface area contributed by atoms with Crippen LogP contribution < -0.4 is 5.32 Å². The van der Waals surface area contributed by atoms with Crippen LogP contribution in [0.25, 0.3) is 0 Å². The number of ether oxygens (including phenoxy) is 1. The van der Waals surface area contributed by atoms with E-state index in [1.807, 2.05) is 20.8 Å². The quantitative estimate of drug-likeness (QED) is 0.703. The van der Waals surface area contributed by atoms with Crippen molar-refractivity contribution < 1.29 is 23.9 Å². The molecule has 8 heteroatoms. The number of rotatable bonds is 7. The van der Waals surface area contributed by atoms with E-state index in [0.29, 0.717) is 25.3 Å². The summed E-state index contributed by atoms with van der Waals surface area (Å²) >= 11 is 0. The number of hydrogen-bond donors (Lipinski definition) is 1. The lowest BCUT2D eigenvalue weighted by molar-refractivity contribution is -0.149. The number of imide groups is 2. The minimum absolute atomic E-state index is 0.123. The summed E-state index contributed by atoms with van der Waals surface area (Å²) in [5.74, 6) is -1.83. The molecule has 0 saturated carbocycles. The predicted octanol–water partition coefficient (Wildman–Crippen LogP) is 2.05. The summed E-state index contributed by atoms with van der Waals surface area (Å²) < 4.78 is 5.69. The molecule has 29 heavy (non-hydrogen) atoms. The number of piperidine rings is 1. The van der Waals surface area contributed by atoms with Crippen molar-refractivity contribution in [1.82, 2.24) is 9.80 Å². The number of nitrogens with one attached hydrogen (secondary N) is 1. The summed E-state index contributed by atoms with van der Waals surface area (Å²) in [5, 5.41) is 3.23. The second kappa shape index (κ2) is 7.94. The Labute approximate surface area is 170 Å². The fourth-order valence-corrected chi connectivity index (χ4v) is 3.83. The van der Waals surface area contributed by atoms with Crippen LogP contribution in [-0.4, -0.2) is 65.3 Å². The van der Waals surface area contributed by atoms with Gasteiger partial charge in [-0.15, -0.1) is 0 Å². The van der Waals surface area contributed by atoms with Crippen LogP contribution in [0.2, 0.25) is 0 Å². The first-order chi connectivity index (χ1) is 13.7. The summed E-state index contributed by atoms with van der Waals surface area (Å²) in [5.41, 5.74) is 0.802. The number of nitrogens with zero attached hydrogens (tertiary/aromatic N) is 2. The molecule has 1 N–H and O–H groups in total. The molecule has 0 radical (unpaired) electrons. The number of benzene rings is 1. The average Bonchev–Trinajstić information content (AvgIpc) is 2.92. The highest BCUT2D eigenvalue weighted by atomic mass is 16.5. The van der Waals surface area contributed by atoms with Gasteiger partial charge in [0.1, 0.15) is 6.04 Å². The van der Waals surface area contributed by atoms with E-state index in [0.717, 1.165) is 9.80 Å². The van der Waals surface area contributed by atoms with Crippen LogP contribution in [0.1, 0.15) is 60.7 Å². The molecule has 1 unspecified atom stereocenters. The Kier molecular flexibility index (Phi) is 5.75. The standard InChI is InChI=1S/C21H27N3O5/c1-5-29-21(2,3)11-12-22-14-8-6-7-13-17(14)20(28)24(18(13)26)15-9-10-16(25)23(4)19(15)27/h6-8,15,22H,5,9-12H2,1-4H3. The molecule has 156 valence electrons. The van der Waals surface area contributed by atoms with Crippen molar-refractivity contribution in [2.24, 2.45) is 0 Å². The second-order valence-corrected chi connectivity index (χ2v) is 7.92. The summed E-state index contributed by atoms with van der Waals surface area (Å²) in [4.78, 5) is 52.3. The van der Waals surface area contributed by atoms with Gasteiger partial charge in [-0.1, -0.05) is 6.07 Å². The molecule has 1 fully saturated rings. The Balaban J connectivity index is 1.80. The van der Waals surface area contributed by atoms with Gasteiger partial charge in [0.05, 0.1) is 16.7 Å². The third kappa shape index (κ3) is 3.89. The van der Waals surface area contributed by atoms with Gasteiger partial charge in [0.2, 0.25) is 5.91 Å². The van der Waals surface area contributed by atoms with E-state index in [1.54, 1.807) is 18.2 Å². The molecule has 3 rings (SSSR count). The van der Waals surface area contributed by atoms with Crippen molar-refractivity contribution in [1.29, 1.82) is 0 Å². The van der Waals surface area contributed by atoms with Gasteiger partial charge in [0.25, 0.3) is 17.7 Å². The number of hydrogen-bond acceptors (Lipinski definition) is 6. The van der Waals surface area contributed by atoms with Crippen LogP contribution >= 0.6 is 0 Å². The maximum atomic E-state index is 13.1. The van der Waals surface area contributed by atoms with Crippen molar-refractivity contribution in [2.45, 2.75) is 51.7 Å². The van der Waals surface area contributed by atoms with Gasteiger partial charge in [-0.25, -0.2) is 0 Å². The Morgan fingerprint density at radius 2 is 1.90 bits per heavy atom. The molecule has 1 atom stereocenters. The van der Waals surface area contributed by atoms with Crippen LogP contribution in [0.4, 0.5) is 5.69 Å². The van der Waals surface area contributed by atoms with Crippen molar-refractivity contribution in [3.05, 3.63) is 29.3 Å². The maximum absolute atomic E-state index is 13.1. The third-order valence-corrected chi connectivity index (χ3v) is 5.46. The number of fused-ring (bicyclic) bond motifs is 1. The van der Waals surface area contributed by atoms with Gasteiger partial charge in [0.15, 0.2) is 0 Å². The Morgan fingerprint density at radius 1 is 1.17 bits per heavy atom. The van der Waals surface area contributed by atoms with Gasteiger partial charge < -0.3 is 10.1 Å². The van der Waals surface area contributed by atoms with Gasteiger partial charge in [-0.3, -0.25) is 29.0 Å². The lowest BCUT2D eigenvalue weighted by atomic mass is 10.0. The topological polar surface area (TPSA) is 96.0 Å². The van der Waals surface area contributed by atoms with Crippen molar-refractivity contribution >= 4 is 29.3 Å². The van der Waals surface area contributed by atoms with Gasteiger partial charge in [0, 0.05) is 32.3 Å². The summed E-state index contributed by atoms with van der Waals surface area (Å²) in [6, 6.07) is 4.10. The molecule has 2 heterocycles. The first kappa shape index (κ1) is 21.0. The molecule has 2 aliphatic heterocycles. The molecule has 8 nitrogen and oxygen atoms in total. The molecular formula is C21H27N3O5. The number of carbonyl (C=O) groups excluding carboxylic acids is 4. The van der Waals surface area contributed by atoms with Gasteiger partial charge in [-0.2, -0.15) is 0 Å². The van der Waals surface area contributed by atoms with Crippen LogP contribution in [-0.2, 0) is 14.3 Å². The zero-order chi connectivity index (χ0) is 21.3. The zero-order valence-electron chi connectivity index (χ0n) is 17.3. The molecule has 2 aliphatic rings. The maximum Gasteiger partial charge on any atom is 0.264 e. The molecule has 1 aromatic carbocycles. The van der Waals surface area contributed by atoms with E-state index in [4.69, 9.17) is 4.74 Å². The molecule has 0 bridgehead atoms. The smallest absolute Gasteiger partial charge is 0.264 e. The van der Waals surface area contributed by atoms with E-state index < -0.39 is 23.8 Å². The number of likely N-dealkylation sites (N-methyl/N-ethyl adjacent to an activating group) is 1.